The Kier molecular flexibility index (Phi) is 5.79. The lowest BCUT2D eigenvalue weighted by molar-refractivity contribution is -0.147. The van der Waals surface area contributed by atoms with Gasteiger partial charge in [0.1, 0.15) is 11.3 Å². The number of nitrogens with zero attached hydrogens (tertiary/aromatic N) is 1. The number of rotatable bonds is 5. The van der Waals surface area contributed by atoms with Crippen LogP contribution in [0.25, 0.3) is 6.08 Å². The minimum absolute atomic E-state index is 0.0440. The minimum Gasteiger partial charge on any atom is -0.478 e. The number of hydrazine groups is 1. The molecule has 1 heterocycles. The Hall–Kier alpha value is -3.13. The van der Waals surface area contributed by atoms with Gasteiger partial charge in [-0.25, -0.2) is 9.80 Å². The molecule has 1 atom stereocenters. The molecule has 1 fully saturated rings. The highest BCUT2D eigenvalue weighted by molar-refractivity contribution is 9.10. The normalized spacial score (nSPS) is 16.1. The van der Waals surface area contributed by atoms with Gasteiger partial charge in [0.05, 0.1) is 12.8 Å². The van der Waals surface area contributed by atoms with E-state index < -0.39 is 23.9 Å². The summed E-state index contributed by atoms with van der Waals surface area (Å²) >= 11 is 3.36. The maximum atomic E-state index is 12.7. The molecule has 1 aliphatic rings. The molecule has 0 unspecified atom stereocenters. The fourth-order valence-corrected chi connectivity index (χ4v) is 2.99. The van der Waals surface area contributed by atoms with E-state index in [1.54, 1.807) is 49.4 Å². The third-order valence-corrected chi connectivity index (χ3v) is 4.51. The van der Waals surface area contributed by atoms with E-state index in [2.05, 4.69) is 26.1 Å². The smallest absolute Gasteiger partial charge is 0.346 e. The zero-order valence-electron chi connectivity index (χ0n) is 15.1. The molecule has 0 aliphatic carbocycles. The number of nitrogens with one attached hydrogen (secondary N) is 1. The minimum atomic E-state index is -0.850. The van der Waals surface area contributed by atoms with Gasteiger partial charge in [-0.05, 0) is 43.3 Å². The van der Waals surface area contributed by atoms with Crippen molar-refractivity contribution >= 4 is 45.5 Å². The molecule has 0 radical (unpaired) electrons. The van der Waals surface area contributed by atoms with E-state index in [4.69, 9.17) is 4.74 Å². The number of carbonyl (C=O) groups is 3. The van der Waals surface area contributed by atoms with Gasteiger partial charge in [-0.1, -0.05) is 34.1 Å². The van der Waals surface area contributed by atoms with Crippen LogP contribution < -0.4 is 15.2 Å². The maximum absolute atomic E-state index is 12.7. The van der Waals surface area contributed by atoms with Crippen molar-refractivity contribution in [3.63, 3.8) is 0 Å². The number of hydrogen-bond acceptors (Lipinski definition) is 5. The van der Waals surface area contributed by atoms with Crippen LogP contribution in [0.4, 0.5) is 5.69 Å². The van der Waals surface area contributed by atoms with E-state index in [0.717, 1.165) is 4.47 Å². The second kappa shape index (κ2) is 8.26. The van der Waals surface area contributed by atoms with Gasteiger partial charge in [-0.2, -0.15) is 0 Å². The van der Waals surface area contributed by atoms with Crippen LogP contribution >= 0.6 is 15.9 Å². The van der Waals surface area contributed by atoms with E-state index >= 15 is 0 Å². The average molecular weight is 445 g/mol. The van der Waals surface area contributed by atoms with Crippen molar-refractivity contribution in [2.45, 2.75) is 13.0 Å². The van der Waals surface area contributed by atoms with Crippen LogP contribution in [-0.2, 0) is 19.1 Å². The highest BCUT2D eigenvalue weighted by Gasteiger charge is 2.34. The summed E-state index contributed by atoms with van der Waals surface area (Å²) in [6.07, 6.45) is 0.585. The molecular weight excluding hydrogens is 428 g/mol. The first-order valence-corrected chi connectivity index (χ1v) is 9.16. The molecule has 2 aromatic rings. The molecule has 1 N–H and O–H groups in total. The standard InChI is InChI=1S/C20H17BrN2O5/c1-12(20(26)27-2)28-17-9-8-14(21)10-13(17)11-16-18(24)22-23(19(16)25)15-6-4-3-5-7-15/h3-12H,1-2H3,(H,22,24)/b16-11-/t12-/m0/s1. The first-order chi connectivity index (χ1) is 13.4. The Morgan fingerprint density at radius 2 is 1.89 bits per heavy atom. The largest absolute Gasteiger partial charge is 0.478 e. The van der Waals surface area contributed by atoms with Crippen LogP contribution in [0.3, 0.4) is 0 Å². The molecule has 8 heteroatoms. The van der Waals surface area contributed by atoms with Gasteiger partial charge >= 0.3 is 5.97 Å². The van der Waals surface area contributed by atoms with Crippen LogP contribution in [0.1, 0.15) is 12.5 Å². The molecule has 0 saturated carbocycles. The number of amides is 2. The number of anilines is 1. The molecule has 7 nitrogen and oxygen atoms in total. The molecule has 0 bridgehead atoms. The van der Waals surface area contributed by atoms with Gasteiger partial charge in [0, 0.05) is 10.0 Å². The van der Waals surface area contributed by atoms with E-state index in [1.807, 2.05) is 6.07 Å². The summed E-state index contributed by atoms with van der Waals surface area (Å²) < 4.78 is 11.0. The van der Waals surface area contributed by atoms with E-state index in [-0.39, 0.29) is 5.57 Å². The van der Waals surface area contributed by atoms with E-state index in [0.29, 0.717) is 17.0 Å². The van der Waals surface area contributed by atoms with Crippen molar-refractivity contribution < 1.29 is 23.9 Å². The van der Waals surface area contributed by atoms with Crippen molar-refractivity contribution in [2.75, 3.05) is 12.1 Å². The molecule has 3 rings (SSSR count). The predicted octanol–water partition coefficient (Wildman–Crippen LogP) is 2.85. The third-order valence-electron chi connectivity index (χ3n) is 4.01. The van der Waals surface area contributed by atoms with Gasteiger partial charge in [0.25, 0.3) is 11.8 Å². The molecule has 28 heavy (non-hydrogen) atoms. The van der Waals surface area contributed by atoms with Gasteiger partial charge in [0.2, 0.25) is 0 Å². The van der Waals surface area contributed by atoms with Crippen molar-refractivity contribution in [3.8, 4) is 5.75 Å². The summed E-state index contributed by atoms with van der Waals surface area (Å²) in [7, 11) is 1.27. The lowest BCUT2D eigenvalue weighted by Crippen LogP contribution is -2.35. The number of para-hydroxylation sites is 1. The third kappa shape index (κ3) is 4.07. The van der Waals surface area contributed by atoms with Crippen LogP contribution in [0.5, 0.6) is 5.75 Å². The predicted molar refractivity (Wildman–Crippen MR) is 106 cm³/mol. The SMILES string of the molecule is COC(=O)[C@H](C)Oc1ccc(Br)cc1/C=C1/C(=O)NN(c2ccccc2)C1=O. The highest BCUT2D eigenvalue weighted by Crippen LogP contribution is 2.29. The summed E-state index contributed by atoms with van der Waals surface area (Å²) in [5.74, 6) is -1.21. The quantitative estimate of drug-likeness (QED) is 0.435. The Morgan fingerprint density at radius 3 is 2.57 bits per heavy atom. The Balaban J connectivity index is 1.94. The average Bonchev–Trinajstić information content (AvgIpc) is 2.98. The summed E-state index contributed by atoms with van der Waals surface area (Å²) in [4.78, 5) is 36.8. The lowest BCUT2D eigenvalue weighted by Gasteiger charge is -2.15. The number of carbonyl (C=O) groups excluding carboxylic acids is 3. The van der Waals surface area contributed by atoms with Crippen LogP contribution in [-0.4, -0.2) is 31.0 Å². The maximum Gasteiger partial charge on any atom is 0.346 e. The first kappa shape index (κ1) is 19.6. The van der Waals surface area contributed by atoms with E-state index in [9.17, 15) is 14.4 Å². The fraction of sp³-hybridized carbons (Fsp3) is 0.150. The van der Waals surface area contributed by atoms with Crippen LogP contribution in [0, 0.1) is 0 Å². The molecule has 2 amide bonds. The molecular formula is C20H17BrN2O5. The summed E-state index contributed by atoms with van der Waals surface area (Å²) in [5, 5.41) is 1.18. The first-order valence-electron chi connectivity index (χ1n) is 8.37. The molecule has 144 valence electrons. The fourth-order valence-electron chi connectivity index (χ4n) is 2.62. The number of halogens is 1. The zero-order valence-corrected chi connectivity index (χ0v) is 16.7. The summed E-state index contributed by atoms with van der Waals surface area (Å²) in [5.41, 5.74) is 3.52. The number of benzene rings is 2. The molecule has 1 aliphatic heterocycles. The van der Waals surface area contributed by atoms with Gasteiger partial charge in [0.15, 0.2) is 6.10 Å². The topological polar surface area (TPSA) is 84.9 Å². The van der Waals surface area contributed by atoms with Crippen molar-refractivity contribution in [2.24, 2.45) is 0 Å². The van der Waals surface area contributed by atoms with Crippen molar-refractivity contribution in [1.29, 1.82) is 0 Å². The molecule has 0 spiro atoms. The number of methoxy groups -OCH3 is 1. The lowest BCUT2D eigenvalue weighted by atomic mass is 10.1. The Labute approximate surface area is 170 Å². The van der Waals surface area contributed by atoms with Crippen molar-refractivity contribution in [3.05, 3.63) is 64.1 Å². The van der Waals surface area contributed by atoms with Crippen LogP contribution in [0.15, 0.2) is 58.6 Å². The highest BCUT2D eigenvalue weighted by atomic mass is 79.9. The summed E-state index contributed by atoms with van der Waals surface area (Å²) in [6.45, 7) is 1.55. The van der Waals surface area contributed by atoms with Gasteiger partial charge < -0.3 is 9.47 Å². The molecule has 1 saturated heterocycles. The molecule has 2 aromatic carbocycles. The Bertz CT molecular complexity index is 958. The second-order valence-corrected chi connectivity index (χ2v) is 6.86. The monoisotopic (exact) mass is 444 g/mol. The zero-order chi connectivity index (χ0) is 20.3. The number of hydrogen-bond donors (Lipinski definition) is 1. The van der Waals surface area contributed by atoms with E-state index in [1.165, 1.54) is 18.2 Å². The van der Waals surface area contributed by atoms with Gasteiger partial charge in [-0.15, -0.1) is 0 Å². The number of ether oxygens (including phenoxy) is 2. The Morgan fingerprint density at radius 1 is 1.18 bits per heavy atom. The summed E-state index contributed by atoms with van der Waals surface area (Å²) in [6, 6.07) is 13.8. The second-order valence-electron chi connectivity index (χ2n) is 5.94. The van der Waals surface area contributed by atoms with Crippen LogP contribution in [0.2, 0.25) is 0 Å². The molecule has 0 aromatic heterocycles. The van der Waals surface area contributed by atoms with Gasteiger partial charge in [-0.3, -0.25) is 15.0 Å². The van der Waals surface area contributed by atoms with Crippen molar-refractivity contribution in [1.82, 2.24) is 5.43 Å². The number of esters is 1.